The number of carbonyl (C=O) groups is 1. The first-order valence-corrected chi connectivity index (χ1v) is 8.12. The molecule has 0 aliphatic heterocycles. The number of rotatable bonds is 7. The van der Waals surface area contributed by atoms with Gasteiger partial charge in [-0.3, -0.25) is 0 Å². The molecule has 3 N–H and O–H groups in total. The average molecular weight is 319 g/mol. The normalized spacial score (nSPS) is 11.9. The summed E-state index contributed by atoms with van der Waals surface area (Å²) in [6, 6.07) is 9.49. The van der Waals surface area contributed by atoms with Crippen LogP contribution < -0.4 is 10.6 Å². The van der Waals surface area contributed by atoms with Gasteiger partial charge in [0.25, 0.3) is 0 Å². The third kappa shape index (κ3) is 5.13. The van der Waals surface area contributed by atoms with Gasteiger partial charge in [-0.15, -0.1) is 11.3 Å². The molecule has 0 fully saturated rings. The molecule has 2 aromatic rings. The second kappa shape index (κ2) is 8.51. The molecular formula is C16H21N3O2S. The number of aromatic nitrogens is 1. The van der Waals surface area contributed by atoms with Crippen molar-refractivity contribution in [2.24, 2.45) is 0 Å². The first kappa shape index (κ1) is 16.5. The van der Waals surface area contributed by atoms with Gasteiger partial charge in [0.2, 0.25) is 0 Å². The van der Waals surface area contributed by atoms with Crippen molar-refractivity contribution in [2.45, 2.75) is 32.4 Å². The number of hydrogen-bond acceptors (Lipinski definition) is 4. The van der Waals surface area contributed by atoms with E-state index in [1.165, 1.54) is 0 Å². The average Bonchev–Trinajstić information content (AvgIpc) is 2.96. The second-order valence-electron chi connectivity index (χ2n) is 5.00. The van der Waals surface area contributed by atoms with Crippen LogP contribution in [0.2, 0.25) is 0 Å². The zero-order valence-corrected chi connectivity index (χ0v) is 13.4. The van der Waals surface area contributed by atoms with Gasteiger partial charge >= 0.3 is 6.03 Å². The lowest BCUT2D eigenvalue weighted by Crippen LogP contribution is -2.37. The van der Waals surface area contributed by atoms with Gasteiger partial charge in [-0.2, -0.15) is 0 Å². The van der Waals surface area contributed by atoms with E-state index in [2.05, 4.69) is 15.6 Å². The van der Waals surface area contributed by atoms with Crippen LogP contribution in [0.4, 0.5) is 4.79 Å². The number of aryl methyl sites for hydroxylation is 1. The Balaban J connectivity index is 1.90. The minimum Gasteiger partial charge on any atom is -0.396 e. The summed E-state index contributed by atoms with van der Waals surface area (Å²) < 4.78 is 0. The standard InChI is InChI=1S/C16H21N3O2S/c1-12-17-10-14(22-12)11-18-16(21)19-15(8-5-9-20)13-6-3-2-4-7-13/h2-4,6-7,10,15,20H,5,8-9,11H2,1H3,(H2,18,19,21). The number of thiazole rings is 1. The molecule has 1 heterocycles. The van der Waals surface area contributed by atoms with Crippen molar-refractivity contribution in [1.82, 2.24) is 15.6 Å². The Morgan fingerprint density at radius 1 is 1.36 bits per heavy atom. The molecule has 0 spiro atoms. The van der Waals surface area contributed by atoms with Crippen LogP contribution in [-0.4, -0.2) is 22.7 Å². The summed E-state index contributed by atoms with van der Waals surface area (Å²) in [5.74, 6) is 0. The molecular weight excluding hydrogens is 298 g/mol. The molecule has 22 heavy (non-hydrogen) atoms. The molecule has 6 heteroatoms. The topological polar surface area (TPSA) is 74.2 Å². The molecule has 0 radical (unpaired) electrons. The third-order valence-corrected chi connectivity index (χ3v) is 4.16. The Labute approximate surface area is 134 Å². The second-order valence-corrected chi connectivity index (χ2v) is 6.32. The number of hydrogen-bond donors (Lipinski definition) is 3. The minimum atomic E-state index is -0.210. The summed E-state index contributed by atoms with van der Waals surface area (Å²) in [6.45, 7) is 2.53. The van der Waals surface area contributed by atoms with Crippen molar-refractivity contribution in [3.05, 3.63) is 52.0 Å². The summed E-state index contributed by atoms with van der Waals surface area (Å²) in [5, 5.41) is 15.8. The van der Waals surface area contributed by atoms with Gasteiger partial charge < -0.3 is 15.7 Å². The maximum atomic E-state index is 12.1. The van der Waals surface area contributed by atoms with E-state index >= 15 is 0 Å². The lowest BCUT2D eigenvalue weighted by atomic mass is 10.0. The highest BCUT2D eigenvalue weighted by atomic mass is 32.1. The SMILES string of the molecule is Cc1ncc(CNC(=O)NC(CCCO)c2ccccc2)s1. The van der Waals surface area contributed by atoms with Crippen LogP contribution in [0.5, 0.6) is 0 Å². The fraction of sp³-hybridized carbons (Fsp3) is 0.375. The molecule has 1 aromatic carbocycles. The molecule has 2 rings (SSSR count). The number of aliphatic hydroxyl groups excluding tert-OH is 1. The van der Waals surface area contributed by atoms with Crippen LogP contribution in [0.1, 0.15) is 34.3 Å². The van der Waals surface area contributed by atoms with E-state index < -0.39 is 0 Å². The van der Waals surface area contributed by atoms with Crippen LogP contribution in [0.15, 0.2) is 36.5 Å². The predicted molar refractivity (Wildman–Crippen MR) is 87.7 cm³/mol. The van der Waals surface area contributed by atoms with Crippen LogP contribution in [-0.2, 0) is 6.54 Å². The van der Waals surface area contributed by atoms with Gasteiger partial charge in [-0.25, -0.2) is 9.78 Å². The van der Waals surface area contributed by atoms with E-state index in [9.17, 15) is 4.79 Å². The van der Waals surface area contributed by atoms with Gasteiger partial charge in [0, 0.05) is 17.7 Å². The third-order valence-electron chi connectivity index (χ3n) is 3.25. The fourth-order valence-electron chi connectivity index (χ4n) is 2.17. The van der Waals surface area contributed by atoms with E-state index in [0.29, 0.717) is 19.4 Å². The fourth-order valence-corrected chi connectivity index (χ4v) is 2.90. The highest BCUT2D eigenvalue weighted by molar-refractivity contribution is 7.11. The van der Waals surface area contributed by atoms with Gasteiger partial charge in [0.05, 0.1) is 17.6 Å². The molecule has 1 aromatic heterocycles. The molecule has 0 saturated heterocycles. The van der Waals surface area contributed by atoms with Gasteiger partial charge in [-0.1, -0.05) is 30.3 Å². The number of urea groups is 1. The molecule has 1 atom stereocenters. The first-order valence-electron chi connectivity index (χ1n) is 7.30. The Kier molecular flexibility index (Phi) is 6.36. The van der Waals surface area contributed by atoms with Crippen LogP contribution >= 0.6 is 11.3 Å². The Hall–Kier alpha value is -1.92. The number of benzene rings is 1. The van der Waals surface area contributed by atoms with E-state index in [0.717, 1.165) is 15.4 Å². The molecule has 0 aliphatic rings. The Morgan fingerprint density at radius 3 is 2.77 bits per heavy atom. The van der Waals surface area contributed by atoms with Crippen LogP contribution in [0, 0.1) is 6.92 Å². The summed E-state index contributed by atoms with van der Waals surface area (Å²) in [7, 11) is 0. The van der Waals surface area contributed by atoms with Crippen molar-refractivity contribution >= 4 is 17.4 Å². The number of aliphatic hydroxyl groups is 1. The summed E-state index contributed by atoms with van der Waals surface area (Å²) in [4.78, 5) is 17.3. The molecule has 0 saturated carbocycles. The van der Waals surface area contributed by atoms with Crippen molar-refractivity contribution in [2.75, 3.05) is 6.61 Å². The predicted octanol–water partition coefficient (Wildman–Crippen LogP) is 2.76. The number of amides is 2. The molecule has 118 valence electrons. The molecule has 0 bridgehead atoms. The lowest BCUT2D eigenvalue weighted by molar-refractivity contribution is 0.233. The smallest absolute Gasteiger partial charge is 0.315 e. The Bertz CT molecular complexity index is 586. The highest BCUT2D eigenvalue weighted by Gasteiger charge is 2.14. The highest BCUT2D eigenvalue weighted by Crippen LogP contribution is 2.18. The van der Waals surface area contributed by atoms with Crippen molar-refractivity contribution in [3.63, 3.8) is 0 Å². The van der Waals surface area contributed by atoms with Gasteiger partial charge in [0.1, 0.15) is 0 Å². The van der Waals surface area contributed by atoms with E-state index in [-0.39, 0.29) is 18.7 Å². The summed E-state index contributed by atoms with van der Waals surface area (Å²) in [5.41, 5.74) is 1.04. The molecule has 1 unspecified atom stereocenters. The lowest BCUT2D eigenvalue weighted by Gasteiger charge is -2.19. The molecule has 5 nitrogen and oxygen atoms in total. The largest absolute Gasteiger partial charge is 0.396 e. The van der Waals surface area contributed by atoms with E-state index in [4.69, 9.17) is 5.11 Å². The monoisotopic (exact) mass is 319 g/mol. The minimum absolute atomic E-state index is 0.100. The molecule has 2 amide bonds. The zero-order chi connectivity index (χ0) is 15.8. The maximum Gasteiger partial charge on any atom is 0.315 e. The summed E-state index contributed by atoms with van der Waals surface area (Å²) >= 11 is 1.57. The van der Waals surface area contributed by atoms with Crippen LogP contribution in [0.3, 0.4) is 0 Å². The quantitative estimate of drug-likeness (QED) is 0.734. The first-order chi connectivity index (χ1) is 10.7. The number of nitrogens with zero attached hydrogens (tertiary/aromatic N) is 1. The summed E-state index contributed by atoms with van der Waals surface area (Å²) in [6.07, 6.45) is 3.13. The Morgan fingerprint density at radius 2 is 2.14 bits per heavy atom. The van der Waals surface area contributed by atoms with Crippen molar-refractivity contribution < 1.29 is 9.90 Å². The van der Waals surface area contributed by atoms with E-state index in [1.54, 1.807) is 17.5 Å². The van der Waals surface area contributed by atoms with Crippen LogP contribution in [0.25, 0.3) is 0 Å². The van der Waals surface area contributed by atoms with Gasteiger partial charge in [-0.05, 0) is 25.3 Å². The number of nitrogens with one attached hydrogen (secondary N) is 2. The maximum absolute atomic E-state index is 12.1. The van der Waals surface area contributed by atoms with E-state index in [1.807, 2.05) is 37.3 Å². The van der Waals surface area contributed by atoms with Gasteiger partial charge in [0.15, 0.2) is 0 Å². The molecule has 0 aliphatic carbocycles. The number of carbonyl (C=O) groups excluding carboxylic acids is 1. The zero-order valence-electron chi connectivity index (χ0n) is 12.6. The van der Waals surface area contributed by atoms with Crippen molar-refractivity contribution in [1.29, 1.82) is 0 Å². The van der Waals surface area contributed by atoms with Crippen molar-refractivity contribution in [3.8, 4) is 0 Å².